The molecule has 0 aliphatic carbocycles. The lowest BCUT2D eigenvalue weighted by atomic mass is 9.91. The first kappa shape index (κ1) is 35.0. The fourth-order valence-corrected chi connectivity index (χ4v) is 12.8. The second-order valence-electron chi connectivity index (χ2n) is 14.1. The van der Waals surface area contributed by atoms with Gasteiger partial charge in [-0.3, -0.25) is 0 Å². The zero-order chi connectivity index (χ0) is 31.1. The monoisotopic (exact) mass is 602 g/mol. The summed E-state index contributed by atoms with van der Waals surface area (Å²) >= 11 is 0. The molecule has 6 unspecified atom stereocenters. The summed E-state index contributed by atoms with van der Waals surface area (Å²) in [7, 11) is -2.15. The number of hydrogen-bond donors (Lipinski definition) is 0. The van der Waals surface area contributed by atoms with E-state index < -0.39 is 20.2 Å². The van der Waals surface area contributed by atoms with Gasteiger partial charge in [0.15, 0.2) is 5.79 Å². The molecule has 42 heavy (non-hydrogen) atoms. The van der Waals surface area contributed by atoms with Crippen LogP contribution in [0.2, 0.25) is 16.6 Å². The summed E-state index contributed by atoms with van der Waals surface area (Å²) < 4.78 is 31.6. The maximum absolute atomic E-state index is 12.9. The molecule has 3 aliphatic rings. The maximum atomic E-state index is 12.9. The van der Waals surface area contributed by atoms with Crippen LogP contribution in [-0.4, -0.2) is 57.2 Å². The van der Waals surface area contributed by atoms with Gasteiger partial charge in [-0.2, -0.15) is 0 Å². The summed E-state index contributed by atoms with van der Waals surface area (Å²) in [5, 5.41) is 0. The highest BCUT2D eigenvalue weighted by Crippen LogP contribution is 2.44. The minimum Gasteiger partial charge on any atom is -0.456 e. The van der Waals surface area contributed by atoms with Crippen molar-refractivity contribution >= 4 is 14.3 Å². The lowest BCUT2D eigenvalue weighted by Crippen LogP contribution is -2.50. The van der Waals surface area contributed by atoms with E-state index >= 15 is 0 Å². The lowest BCUT2D eigenvalue weighted by molar-refractivity contribution is -0.166. The molecule has 0 aromatic heterocycles. The third-order valence-corrected chi connectivity index (χ3v) is 15.2. The van der Waals surface area contributed by atoms with Crippen LogP contribution in [0, 0.1) is 5.92 Å². The van der Waals surface area contributed by atoms with Crippen LogP contribution in [-0.2, 0) is 28.2 Å². The van der Waals surface area contributed by atoms with Gasteiger partial charge in [0.1, 0.15) is 12.2 Å². The van der Waals surface area contributed by atoms with Crippen molar-refractivity contribution < 1.29 is 28.2 Å². The molecule has 238 valence electrons. The van der Waals surface area contributed by atoms with Crippen LogP contribution in [0.3, 0.4) is 0 Å². The van der Waals surface area contributed by atoms with E-state index in [2.05, 4.69) is 79.3 Å². The van der Waals surface area contributed by atoms with E-state index in [9.17, 15) is 4.79 Å². The molecule has 6 nitrogen and oxygen atoms in total. The van der Waals surface area contributed by atoms with Crippen LogP contribution < -0.4 is 0 Å². The number of ether oxygens (including phenoxy) is 4. The van der Waals surface area contributed by atoms with Gasteiger partial charge in [0.05, 0.1) is 24.9 Å². The van der Waals surface area contributed by atoms with Crippen LogP contribution >= 0.6 is 0 Å². The molecule has 2 bridgehead atoms. The average Bonchev–Trinajstić information content (AvgIpc) is 3.24. The molecule has 0 aromatic carbocycles. The fraction of sp³-hybridized carbons (Fsp3) is 0.743. The molecule has 3 heterocycles. The molecule has 0 spiro atoms. The molecule has 0 amide bonds. The third-order valence-electron chi connectivity index (χ3n) is 9.03. The van der Waals surface area contributed by atoms with Crippen LogP contribution in [0.5, 0.6) is 0 Å². The summed E-state index contributed by atoms with van der Waals surface area (Å²) in [5.74, 6) is -0.626. The third kappa shape index (κ3) is 9.75. The van der Waals surface area contributed by atoms with Gasteiger partial charge in [-0.1, -0.05) is 91.0 Å². The molecular weight excluding hydrogens is 544 g/mol. The number of esters is 1. The summed E-state index contributed by atoms with van der Waals surface area (Å²) in [6, 6.07) is 0. The van der Waals surface area contributed by atoms with E-state index in [0.29, 0.717) is 42.0 Å². The minimum absolute atomic E-state index is 0.0351. The molecule has 0 N–H and O–H groups in total. The van der Waals surface area contributed by atoms with Crippen molar-refractivity contribution in [1.82, 2.24) is 0 Å². The van der Waals surface area contributed by atoms with Gasteiger partial charge < -0.3 is 23.4 Å². The Morgan fingerprint density at radius 3 is 2.21 bits per heavy atom. The standard InChI is InChI=1S/C35H58O6Si/c1-24(2)42(25(3)4,26(5)6)41-31-17-12-18-32(33-23-37-35(9,10)40-33)39-34(36)19-13-15-29-14-11-16-30(38-29)21-27(7)20-28(8)22-31/h11-14,17,19,24-27,29-33H,8,15-16,18,20-23H2,1-7,9-10H3. The van der Waals surface area contributed by atoms with Crippen molar-refractivity contribution in [3.63, 3.8) is 0 Å². The van der Waals surface area contributed by atoms with Gasteiger partial charge in [0.2, 0.25) is 8.32 Å². The summed E-state index contributed by atoms with van der Waals surface area (Å²) in [5.41, 5.74) is 2.63. The zero-order valence-electron chi connectivity index (χ0n) is 27.8. The van der Waals surface area contributed by atoms with Crippen LogP contribution in [0.15, 0.2) is 48.6 Å². The minimum atomic E-state index is -2.15. The summed E-state index contributed by atoms with van der Waals surface area (Å²) in [4.78, 5) is 12.9. The Labute approximate surface area is 257 Å². The molecule has 1 saturated heterocycles. The predicted molar refractivity (Wildman–Crippen MR) is 173 cm³/mol. The van der Waals surface area contributed by atoms with Gasteiger partial charge in [-0.25, -0.2) is 4.79 Å². The number of cyclic esters (lactones) is 1. The quantitative estimate of drug-likeness (QED) is 0.172. The Morgan fingerprint density at radius 2 is 1.60 bits per heavy atom. The molecule has 0 saturated carbocycles. The summed E-state index contributed by atoms with van der Waals surface area (Å²) in [6.45, 7) is 24.9. The Kier molecular flexibility index (Phi) is 12.9. The molecule has 0 radical (unpaired) electrons. The topological polar surface area (TPSA) is 63.2 Å². The van der Waals surface area contributed by atoms with Gasteiger partial charge in [-0.15, -0.1) is 0 Å². The molecular formula is C35H58O6Si. The van der Waals surface area contributed by atoms with E-state index in [1.807, 2.05) is 19.9 Å². The Hall–Kier alpha value is -1.51. The first-order valence-corrected chi connectivity index (χ1v) is 18.4. The number of rotatable bonds is 6. The van der Waals surface area contributed by atoms with Crippen molar-refractivity contribution in [3.05, 3.63) is 48.6 Å². The fourth-order valence-electron chi connectivity index (χ4n) is 7.25. The van der Waals surface area contributed by atoms with Gasteiger partial charge in [0, 0.05) is 12.5 Å². The molecule has 3 aliphatic heterocycles. The molecule has 1 fully saturated rings. The highest BCUT2D eigenvalue weighted by atomic mass is 28.4. The Morgan fingerprint density at radius 1 is 0.929 bits per heavy atom. The normalized spacial score (nSPS) is 31.9. The Bertz CT molecular complexity index is 958. The smallest absolute Gasteiger partial charge is 0.330 e. The highest BCUT2D eigenvalue weighted by molar-refractivity contribution is 6.77. The van der Waals surface area contributed by atoms with E-state index in [-0.39, 0.29) is 30.4 Å². The van der Waals surface area contributed by atoms with Gasteiger partial charge in [0.25, 0.3) is 0 Å². The average molecular weight is 603 g/mol. The van der Waals surface area contributed by atoms with Crippen LogP contribution in [0.25, 0.3) is 0 Å². The molecule has 3 rings (SSSR count). The molecule has 7 heteroatoms. The summed E-state index contributed by atoms with van der Waals surface area (Å²) in [6.07, 6.45) is 16.0. The SMILES string of the molecule is C=C1CC(C)CC2CC=CC(CC=CC(=O)OC(C3COC(C)(C)O3)CC=CC(O[Si](C(C)C)(C(C)C)C(C)C)C1)O2. The van der Waals surface area contributed by atoms with E-state index in [1.54, 1.807) is 0 Å². The van der Waals surface area contributed by atoms with Crippen molar-refractivity contribution in [1.29, 1.82) is 0 Å². The number of carbonyl (C=O) groups excluding carboxylic acids is 1. The molecule has 6 atom stereocenters. The van der Waals surface area contributed by atoms with Crippen molar-refractivity contribution in [2.75, 3.05) is 6.61 Å². The van der Waals surface area contributed by atoms with Crippen LogP contribution in [0.4, 0.5) is 0 Å². The van der Waals surface area contributed by atoms with Gasteiger partial charge in [-0.05, 0) is 68.5 Å². The zero-order valence-corrected chi connectivity index (χ0v) is 28.8. The van der Waals surface area contributed by atoms with E-state index in [4.69, 9.17) is 23.4 Å². The number of fused-ring (bicyclic) bond motifs is 2. The second kappa shape index (κ2) is 15.5. The first-order chi connectivity index (χ1) is 19.7. The van der Waals surface area contributed by atoms with Crippen LogP contribution in [0.1, 0.15) is 101 Å². The molecule has 0 aromatic rings. The van der Waals surface area contributed by atoms with Crippen molar-refractivity contribution in [2.24, 2.45) is 5.92 Å². The number of hydrogen-bond acceptors (Lipinski definition) is 6. The van der Waals surface area contributed by atoms with E-state index in [1.165, 1.54) is 11.6 Å². The highest BCUT2D eigenvalue weighted by Gasteiger charge is 2.46. The predicted octanol–water partition coefficient (Wildman–Crippen LogP) is 8.59. The van der Waals surface area contributed by atoms with Crippen molar-refractivity contribution in [3.8, 4) is 0 Å². The van der Waals surface area contributed by atoms with E-state index in [0.717, 1.165) is 25.7 Å². The Balaban J connectivity index is 1.91. The maximum Gasteiger partial charge on any atom is 0.330 e. The lowest BCUT2D eigenvalue weighted by Gasteiger charge is -2.44. The second-order valence-corrected chi connectivity index (χ2v) is 19.5. The number of carbonyl (C=O) groups is 1. The van der Waals surface area contributed by atoms with Gasteiger partial charge >= 0.3 is 5.97 Å². The van der Waals surface area contributed by atoms with Crippen molar-refractivity contribution in [2.45, 2.75) is 154 Å². The largest absolute Gasteiger partial charge is 0.456 e. The first-order valence-electron chi connectivity index (χ1n) is 16.2.